The van der Waals surface area contributed by atoms with Crippen molar-refractivity contribution in [2.45, 2.75) is 32.2 Å². The van der Waals surface area contributed by atoms with E-state index in [1.807, 2.05) is 36.4 Å². The summed E-state index contributed by atoms with van der Waals surface area (Å²) >= 11 is 0. The van der Waals surface area contributed by atoms with E-state index in [4.69, 9.17) is 14.2 Å². The van der Waals surface area contributed by atoms with Crippen LogP contribution in [0.25, 0.3) is 0 Å². The number of nitrogens with zero attached hydrogens (tertiary/aromatic N) is 1. The lowest BCUT2D eigenvalue weighted by molar-refractivity contribution is 0.103. The molecule has 0 radical (unpaired) electrons. The lowest BCUT2D eigenvalue weighted by Crippen LogP contribution is -2.35. The summed E-state index contributed by atoms with van der Waals surface area (Å²) in [6.07, 6.45) is 0.685. The molecule has 1 atom stereocenters. The van der Waals surface area contributed by atoms with E-state index in [0.717, 1.165) is 36.4 Å². The standard InChI is InChI=1S/C22H26N2O4/c25-22(28-15-17-4-2-1-3-5-17)24-9-8-20(14-24)23-13-18-6-7-21-19(12-18)16-26-10-11-27-21/h1-7,12,20,23H,8-11,13-16H2. The molecule has 1 fully saturated rings. The number of amides is 1. The van der Waals surface area contributed by atoms with Gasteiger partial charge in [-0.05, 0) is 29.7 Å². The summed E-state index contributed by atoms with van der Waals surface area (Å²) in [5.74, 6) is 0.912. The highest BCUT2D eigenvalue weighted by atomic mass is 16.6. The Morgan fingerprint density at radius 1 is 1.14 bits per heavy atom. The number of benzene rings is 2. The van der Waals surface area contributed by atoms with Gasteiger partial charge in [0, 0.05) is 31.2 Å². The van der Waals surface area contributed by atoms with Crippen molar-refractivity contribution in [3.05, 3.63) is 65.2 Å². The molecule has 2 aromatic carbocycles. The quantitative estimate of drug-likeness (QED) is 0.861. The second kappa shape index (κ2) is 9.08. The van der Waals surface area contributed by atoms with E-state index >= 15 is 0 Å². The van der Waals surface area contributed by atoms with E-state index in [1.165, 1.54) is 5.56 Å². The monoisotopic (exact) mass is 382 g/mol. The van der Waals surface area contributed by atoms with Crippen LogP contribution in [0.15, 0.2) is 48.5 Å². The van der Waals surface area contributed by atoms with E-state index < -0.39 is 0 Å². The zero-order valence-electron chi connectivity index (χ0n) is 15.9. The topological polar surface area (TPSA) is 60.0 Å². The van der Waals surface area contributed by atoms with Crippen molar-refractivity contribution in [1.82, 2.24) is 10.2 Å². The summed E-state index contributed by atoms with van der Waals surface area (Å²) in [6, 6.07) is 16.3. The highest BCUT2D eigenvalue weighted by molar-refractivity contribution is 5.68. The van der Waals surface area contributed by atoms with E-state index in [0.29, 0.717) is 33.0 Å². The van der Waals surface area contributed by atoms with Gasteiger partial charge in [-0.25, -0.2) is 4.79 Å². The number of hydrogen-bond donors (Lipinski definition) is 1. The van der Waals surface area contributed by atoms with Crippen LogP contribution in [0.4, 0.5) is 4.79 Å². The lowest BCUT2D eigenvalue weighted by Gasteiger charge is -2.17. The number of ether oxygens (including phenoxy) is 3. The van der Waals surface area contributed by atoms with Gasteiger partial charge in [-0.15, -0.1) is 0 Å². The maximum atomic E-state index is 12.3. The van der Waals surface area contributed by atoms with Gasteiger partial charge in [-0.3, -0.25) is 0 Å². The smallest absolute Gasteiger partial charge is 0.410 e. The van der Waals surface area contributed by atoms with Crippen LogP contribution in [-0.2, 0) is 29.2 Å². The highest BCUT2D eigenvalue weighted by Crippen LogP contribution is 2.23. The number of nitrogens with one attached hydrogen (secondary N) is 1. The molecule has 0 aliphatic carbocycles. The van der Waals surface area contributed by atoms with Crippen molar-refractivity contribution < 1.29 is 19.0 Å². The fourth-order valence-electron chi connectivity index (χ4n) is 3.55. The number of likely N-dealkylation sites (tertiary alicyclic amines) is 1. The first kappa shape index (κ1) is 18.8. The predicted octanol–water partition coefficient (Wildman–Crippen LogP) is 3.10. The Bertz CT molecular complexity index is 796. The summed E-state index contributed by atoms with van der Waals surface area (Å²) in [4.78, 5) is 14.1. The first-order chi connectivity index (χ1) is 13.8. The molecule has 6 nitrogen and oxygen atoms in total. The molecule has 28 heavy (non-hydrogen) atoms. The van der Waals surface area contributed by atoms with Gasteiger partial charge in [0.1, 0.15) is 19.0 Å². The number of rotatable bonds is 5. The first-order valence-electron chi connectivity index (χ1n) is 9.79. The molecule has 1 amide bonds. The van der Waals surface area contributed by atoms with Gasteiger partial charge in [0.05, 0.1) is 13.2 Å². The zero-order chi connectivity index (χ0) is 19.2. The third-order valence-corrected chi connectivity index (χ3v) is 5.11. The Morgan fingerprint density at radius 2 is 2.04 bits per heavy atom. The second-order valence-corrected chi connectivity index (χ2v) is 7.20. The minimum atomic E-state index is -0.243. The SMILES string of the molecule is O=C(OCc1ccccc1)N1CCC(NCc2ccc3c(c2)COCCO3)C1. The summed E-state index contributed by atoms with van der Waals surface area (Å²) in [6.45, 7) is 4.28. The molecule has 2 aliphatic heterocycles. The van der Waals surface area contributed by atoms with Crippen LogP contribution in [-0.4, -0.2) is 43.3 Å². The molecule has 2 heterocycles. The first-order valence-corrected chi connectivity index (χ1v) is 9.79. The largest absolute Gasteiger partial charge is 0.491 e. The fraction of sp³-hybridized carbons (Fsp3) is 0.409. The lowest BCUT2D eigenvalue weighted by atomic mass is 10.1. The molecule has 2 aromatic rings. The maximum absolute atomic E-state index is 12.3. The van der Waals surface area contributed by atoms with Crippen molar-refractivity contribution >= 4 is 6.09 Å². The minimum Gasteiger partial charge on any atom is -0.491 e. The van der Waals surface area contributed by atoms with Crippen LogP contribution in [0.5, 0.6) is 5.75 Å². The fourth-order valence-corrected chi connectivity index (χ4v) is 3.55. The molecule has 1 N–H and O–H groups in total. The molecule has 0 spiro atoms. The van der Waals surface area contributed by atoms with Gasteiger partial charge in [-0.1, -0.05) is 36.4 Å². The van der Waals surface area contributed by atoms with Crippen molar-refractivity contribution in [1.29, 1.82) is 0 Å². The molecule has 4 rings (SSSR count). The van der Waals surface area contributed by atoms with Gasteiger partial charge in [0.2, 0.25) is 0 Å². The number of fused-ring (bicyclic) bond motifs is 1. The summed E-state index contributed by atoms with van der Waals surface area (Å²) in [5.41, 5.74) is 3.29. The van der Waals surface area contributed by atoms with E-state index in [9.17, 15) is 4.79 Å². The van der Waals surface area contributed by atoms with Gasteiger partial charge in [0.25, 0.3) is 0 Å². The summed E-state index contributed by atoms with van der Waals surface area (Å²) < 4.78 is 16.6. The Hall–Kier alpha value is -2.57. The molecule has 1 unspecified atom stereocenters. The average molecular weight is 382 g/mol. The van der Waals surface area contributed by atoms with Crippen molar-refractivity contribution in [3.63, 3.8) is 0 Å². The van der Waals surface area contributed by atoms with Crippen LogP contribution in [0.3, 0.4) is 0 Å². The summed E-state index contributed by atoms with van der Waals surface area (Å²) in [5, 5.41) is 3.55. The Balaban J connectivity index is 1.23. The molecule has 1 saturated heterocycles. The minimum absolute atomic E-state index is 0.243. The number of carbonyl (C=O) groups is 1. The summed E-state index contributed by atoms with van der Waals surface area (Å²) in [7, 11) is 0. The average Bonchev–Trinajstić information content (AvgIpc) is 3.09. The Kier molecular flexibility index (Phi) is 6.09. The number of hydrogen-bond acceptors (Lipinski definition) is 5. The van der Waals surface area contributed by atoms with Crippen molar-refractivity contribution in [2.75, 3.05) is 26.3 Å². The van der Waals surface area contributed by atoms with Gasteiger partial charge in [0.15, 0.2) is 0 Å². The van der Waals surface area contributed by atoms with E-state index in [-0.39, 0.29) is 12.1 Å². The molecular formula is C22H26N2O4. The molecule has 0 bridgehead atoms. The Labute approximate surface area is 165 Å². The molecule has 6 heteroatoms. The van der Waals surface area contributed by atoms with Gasteiger partial charge < -0.3 is 24.4 Å². The molecule has 0 saturated carbocycles. The van der Waals surface area contributed by atoms with E-state index in [1.54, 1.807) is 4.90 Å². The molecule has 0 aromatic heterocycles. The normalized spacial score (nSPS) is 18.9. The molecule has 148 valence electrons. The van der Waals surface area contributed by atoms with Crippen LogP contribution >= 0.6 is 0 Å². The van der Waals surface area contributed by atoms with Crippen molar-refractivity contribution in [2.24, 2.45) is 0 Å². The Morgan fingerprint density at radius 3 is 2.93 bits per heavy atom. The highest BCUT2D eigenvalue weighted by Gasteiger charge is 2.27. The molecular weight excluding hydrogens is 356 g/mol. The zero-order valence-corrected chi connectivity index (χ0v) is 15.9. The van der Waals surface area contributed by atoms with Crippen LogP contribution in [0.1, 0.15) is 23.1 Å². The van der Waals surface area contributed by atoms with E-state index in [2.05, 4.69) is 17.4 Å². The second-order valence-electron chi connectivity index (χ2n) is 7.20. The third kappa shape index (κ3) is 4.82. The van der Waals surface area contributed by atoms with Crippen LogP contribution in [0.2, 0.25) is 0 Å². The molecule has 2 aliphatic rings. The predicted molar refractivity (Wildman–Crippen MR) is 105 cm³/mol. The van der Waals surface area contributed by atoms with Crippen molar-refractivity contribution in [3.8, 4) is 5.75 Å². The van der Waals surface area contributed by atoms with Crippen LogP contribution < -0.4 is 10.1 Å². The van der Waals surface area contributed by atoms with Gasteiger partial charge in [-0.2, -0.15) is 0 Å². The van der Waals surface area contributed by atoms with Crippen LogP contribution in [0, 0.1) is 0 Å². The number of carbonyl (C=O) groups excluding carboxylic acids is 1. The maximum Gasteiger partial charge on any atom is 0.410 e. The van der Waals surface area contributed by atoms with Gasteiger partial charge >= 0.3 is 6.09 Å². The third-order valence-electron chi connectivity index (χ3n) is 5.11.